The first-order valence-electron chi connectivity index (χ1n) is 4.81. The Labute approximate surface area is 97.9 Å². The van der Waals surface area contributed by atoms with Crippen molar-refractivity contribution in [3.63, 3.8) is 0 Å². The van der Waals surface area contributed by atoms with Crippen LogP contribution in [0.25, 0.3) is 0 Å². The van der Waals surface area contributed by atoms with Gasteiger partial charge >= 0.3 is 0 Å². The van der Waals surface area contributed by atoms with Crippen molar-refractivity contribution in [2.75, 3.05) is 0 Å². The number of aromatic hydroxyl groups is 1. The van der Waals surface area contributed by atoms with Crippen molar-refractivity contribution in [2.45, 2.75) is 9.79 Å². The summed E-state index contributed by atoms with van der Waals surface area (Å²) in [6, 6.07) is 14.9. The number of para-hydroxylation sites is 1. The summed E-state index contributed by atoms with van der Waals surface area (Å²) in [5, 5.41) is 9.80. The Morgan fingerprint density at radius 2 is 1.75 bits per heavy atom. The molecule has 0 amide bonds. The van der Waals surface area contributed by atoms with Crippen molar-refractivity contribution in [3.8, 4) is 5.75 Å². The van der Waals surface area contributed by atoms with E-state index in [2.05, 4.69) is 0 Å². The van der Waals surface area contributed by atoms with E-state index in [1.165, 1.54) is 11.8 Å². The zero-order valence-corrected chi connectivity index (χ0v) is 9.28. The molecule has 0 heterocycles. The van der Waals surface area contributed by atoms with Gasteiger partial charge in [-0.3, -0.25) is 4.79 Å². The Kier molecular flexibility index (Phi) is 3.27. The van der Waals surface area contributed by atoms with Gasteiger partial charge in [0.2, 0.25) is 0 Å². The average Bonchev–Trinajstić information content (AvgIpc) is 2.33. The molecule has 3 heteroatoms. The largest absolute Gasteiger partial charge is 0.506 e. The summed E-state index contributed by atoms with van der Waals surface area (Å²) in [4.78, 5) is 12.4. The van der Waals surface area contributed by atoms with Crippen LogP contribution in [-0.2, 0) is 0 Å². The number of rotatable bonds is 3. The van der Waals surface area contributed by atoms with Gasteiger partial charge < -0.3 is 5.11 Å². The number of phenolic OH excluding ortho intramolecular Hbond substituents is 1. The Hall–Kier alpha value is -1.74. The van der Waals surface area contributed by atoms with E-state index in [0.717, 1.165) is 4.90 Å². The maximum atomic E-state index is 10.7. The molecule has 2 aromatic rings. The maximum absolute atomic E-state index is 10.7. The molecular formula is C13H10O2S. The molecule has 16 heavy (non-hydrogen) atoms. The lowest BCUT2D eigenvalue weighted by Gasteiger charge is -2.05. The first kappa shape index (κ1) is 10.8. The van der Waals surface area contributed by atoms with E-state index in [9.17, 15) is 9.90 Å². The van der Waals surface area contributed by atoms with Gasteiger partial charge in [0.1, 0.15) is 5.75 Å². The van der Waals surface area contributed by atoms with Gasteiger partial charge in [-0.05, 0) is 24.3 Å². The fourth-order valence-electron chi connectivity index (χ4n) is 1.33. The summed E-state index contributed by atoms with van der Waals surface area (Å²) in [5.41, 5.74) is 0.320. The molecular weight excluding hydrogens is 220 g/mol. The van der Waals surface area contributed by atoms with E-state index in [4.69, 9.17) is 0 Å². The lowest BCUT2D eigenvalue weighted by Crippen LogP contribution is -1.83. The van der Waals surface area contributed by atoms with Gasteiger partial charge in [0, 0.05) is 4.90 Å². The van der Waals surface area contributed by atoms with Gasteiger partial charge in [-0.2, -0.15) is 0 Å². The molecule has 0 aliphatic heterocycles. The molecule has 0 atom stereocenters. The van der Waals surface area contributed by atoms with Crippen LogP contribution in [0.4, 0.5) is 0 Å². The first-order chi connectivity index (χ1) is 7.81. The minimum Gasteiger partial charge on any atom is -0.506 e. The smallest absolute Gasteiger partial charge is 0.153 e. The zero-order chi connectivity index (χ0) is 11.4. The lowest BCUT2D eigenvalue weighted by atomic mass is 10.2. The van der Waals surface area contributed by atoms with Gasteiger partial charge in [0.25, 0.3) is 0 Å². The monoisotopic (exact) mass is 230 g/mol. The van der Waals surface area contributed by atoms with E-state index in [-0.39, 0.29) is 5.75 Å². The first-order valence-corrected chi connectivity index (χ1v) is 5.63. The van der Waals surface area contributed by atoms with E-state index >= 15 is 0 Å². The number of carbonyl (C=O) groups is 1. The highest BCUT2D eigenvalue weighted by molar-refractivity contribution is 7.99. The summed E-state index contributed by atoms with van der Waals surface area (Å²) in [5.74, 6) is 0.0475. The normalized spacial score (nSPS) is 10.0. The second-order valence-corrected chi connectivity index (χ2v) is 4.34. The quantitative estimate of drug-likeness (QED) is 0.821. The number of hydrogen-bond acceptors (Lipinski definition) is 3. The molecule has 0 spiro atoms. The van der Waals surface area contributed by atoms with E-state index in [0.29, 0.717) is 16.7 Å². The van der Waals surface area contributed by atoms with Crippen molar-refractivity contribution in [3.05, 3.63) is 54.1 Å². The zero-order valence-electron chi connectivity index (χ0n) is 8.46. The highest BCUT2D eigenvalue weighted by Gasteiger charge is 2.07. The molecule has 0 fully saturated rings. The second-order valence-electron chi connectivity index (χ2n) is 3.23. The molecule has 1 N–H and O–H groups in total. The number of benzene rings is 2. The predicted molar refractivity (Wildman–Crippen MR) is 64.1 cm³/mol. The fourth-order valence-corrected chi connectivity index (χ4v) is 2.24. The van der Waals surface area contributed by atoms with E-state index in [1.807, 2.05) is 30.3 Å². The third kappa shape index (κ3) is 2.25. The number of aldehydes is 1. The molecule has 0 aliphatic rings. The molecule has 0 radical (unpaired) electrons. The summed E-state index contributed by atoms with van der Waals surface area (Å²) >= 11 is 1.43. The molecule has 0 aromatic heterocycles. The third-order valence-corrected chi connectivity index (χ3v) is 3.19. The van der Waals surface area contributed by atoms with Crippen LogP contribution < -0.4 is 0 Å². The molecule has 0 bridgehead atoms. The highest BCUT2D eigenvalue weighted by atomic mass is 32.2. The van der Waals surface area contributed by atoms with Crippen LogP contribution in [0.15, 0.2) is 58.3 Å². The Morgan fingerprint density at radius 1 is 1.00 bits per heavy atom. The molecule has 80 valence electrons. The second kappa shape index (κ2) is 4.86. The molecule has 0 saturated heterocycles. The maximum Gasteiger partial charge on any atom is 0.153 e. The van der Waals surface area contributed by atoms with Crippen LogP contribution >= 0.6 is 11.8 Å². The Balaban J connectivity index is 2.32. The van der Waals surface area contributed by atoms with Crippen molar-refractivity contribution in [1.82, 2.24) is 0 Å². The standard InChI is InChI=1S/C13H10O2S/c14-9-10-5-4-8-12(13(10)15)16-11-6-2-1-3-7-11/h1-9,15H. The summed E-state index contributed by atoms with van der Waals surface area (Å²) < 4.78 is 0. The molecule has 2 aromatic carbocycles. The van der Waals surface area contributed by atoms with Gasteiger partial charge in [0.15, 0.2) is 6.29 Å². The molecule has 2 nitrogen and oxygen atoms in total. The Morgan fingerprint density at radius 3 is 2.44 bits per heavy atom. The van der Waals surface area contributed by atoms with E-state index < -0.39 is 0 Å². The minimum atomic E-state index is 0.0475. The Bertz CT molecular complexity index is 495. The topological polar surface area (TPSA) is 37.3 Å². The highest BCUT2D eigenvalue weighted by Crippen LogP contribution is 2.35. The number of phenols is 1. The van der Waals surface area contributed by atoms with Crippen LogP contribution in [0.3, 0.4) is 0 Å². The van der Waals surface area contributed by atoms with Crippen LogP contribution in [0.2, 0.25) is 0 Å². The molecule has 0 saturated carbocycles. The minimum absolute atomic E-state index is 0.0475. The molecule has 2 rings (SSSR count). The van der Waals surface area contributed by atoms with Crippen LogP contribution in [0, 0.1) is 0 Å². The fraction of sp³-hybridized carbons (Fsp3) is 0. The van der Waals surface area contributed by atoms with Crippen LogP contribution in [0.5, 0.6) is 5.75 Å². The van der Waals surface area contributed by atoms with Gasteiger partial charge in [-0.1, -0.05) is 36.0 Å². The summed E-state index contributed by atoms with van der Waals surface area (Å²) in [6.45, 7) is 0. The van der Waals surface area contributed by atoms with Crippen LogP contribution in [0.1, 0.15) is 10.4 Å². The average molecular weight is 230 g/mol. The number of hydrogen-bond donors (Lipinski definition) is 1. The third-order valence-electron chi connectivity index (χ3n) is 2.13. The van der Waals surface area contributed by atoms with E-state index in [1.54, 1.807) is 18.2 Å². The summed E-state index contributed by atoms with van der Waals surface area (Å²) in [7, 11) is 0. The van der Waals surface area contributed by atoms with Gasteiger partial charge in [0.05, 0.1) is 10.5 Å². The van der Waals surface area contributed by atoms with Crippen molar-refractivity contribution < 1.29 is 9.90 Å². The molecule has 0 aliphatic carbocycles. The lowest BCUT2D eigenvalue weighted by molar-refractivity contribution is 0.112. The summed E-state index contributed by atoms with van der Waals surface area (Å²) in [6.07, 6.45) is 0.657. The van der Waals surface area contributed by atoms with Crippen molar-refractivity contribution in [1.29, 1.82) is 0 Å². The number of carbonyl (C=O) groups excluding carboxylic acids is 1. The van der Waals surface area contributed by atoms with Gasteiger partial charge in [-0.25, -0.2) is 0 Å². The van der Waals surface area contributed by atoms with Crippen LogP contribution in [-0.4, -0.2) is 11.4 Å². The van der Waals surface area contributed by atoms with Gasteiger partial charge in [-0.15, -0.1) is 0 Å². The van der Waals surface area contributed by atoms with Crippen molar-refractivity contribution in [2.24, 2.45) is 0 Å². The van der Waals surface area contributed by atoms with Crippen molar-refractivity contribution >= 4 is 18.0 Å². The predicted octanol–water partition coefficient (Wildman–Crippen LogP) is 3.36. The molecule has 0 unspecified atom stereocenters. The SMILES string of the molecule is O=Cc1cccc(Sc2ccccc2)c1O.